The third-order valence-corrected chi connectivity index (χ3v) is 5.35. The number of aromatic nitrogens is 3. The summed E-state index contributed by atoms with van der Waals surface area (Å²) >= 11 is 1.72. The van der Waals surface area contributed by atoms with E-state index < -0.39 is 0 Å². The van der Waals surface area contributed by atoms with E-state index in [0.717, 1.165) is 33.8 Å². The first-order chi connectivity index (χ1) is 11.6. The number of aryl methyl sites for hydroxylation is 2. The molecule has 1 unspecified atom stereocenters. The van der Waals surface area contributed by atoms with Crippen LogP contribution in [0.15, 0.2) is 24.5 Å². The zero-order chi connectivity index (χ0) is 17.1. The summed E-state index contributed by atoms with van der Waals surface area (Å²) in [5.41, 5.74) is 8.11. The van der Waals surface area contributed by atoms with E-state index in [1.807, 2.05) is 12.3 Å². The van der Waals surface area contributed by atoms with Crippen LogP contribution in [0.5, 0.6) is 0 Å². The maximum absolute atomic E-state index is 5.70. The summed E-state index contributed by atoms with van der Waals surface area (Å²) < 4.78 is 0. The van der Waals surface area contributed by atoms with E-state index in [1.165, 1.54) is 10.4 Å². The minimum atomic E-state index is 0.169. The third kappa shape index (κ3) is 3.25. The lowest BCUT2D eigenvalue weighted by molar-refractivity contribution is 0.738. The van der Waals surface area contributed by atoms with Gasteiger partial charge < -0.3 is 11.1 Å². The van der Waals surface area contributed by atoms with E-state index >= 15 is 0 Å². The predicted molar refractivity (Wildman–Crippen MR) is 101 cm³/mol. The molecule has 0 bridgehead atoms. The smallest absolute Gasteiger partial charge is 0.139 e. The molecule has 6 heteroatoms. The minimum Gasteiger partial charge on any atom is -0.363 e. The Bertz CT molecular complexity index is 828. The molecule has 3 heterocycles. The molecule has 1 atom stereocenters. The fourth-order valence-corrected chi connectivity index (χ4v) is 3.86. The van der Waals surface area contributed by atoms with E-state index in [-0.39, 0.29) is 6.04 Å². The molecule has 3 N–H and O–H groups in total. The lowest BCUT2D eigenvalue weighted by atomic mass is 10.1. The highest BCUT2D eigenvalue weighted by Gasteiger charge is 2.17. The van der Waals surface area contributed by atoms with Crippen LogP contribution in [-0.4, -0.2) is 21.5 Å². The van der Waals surface area contributed by atoms with Crippen molar-refractivity contribution in [1.82, 2.24) is 15.0 Å². The van der Waals surface area contributed by atoms with Gasteiger partial charge in [0.15, 0.2) is 0 Å². The highest BCUT2D eigenvalue weighted by atomic mass is 32.1. The number of thiophene rings is 1. The van der Waals surface area contributed by atoms with Crippen LogP contribution in [0.25, 0.3) is 10.2 Å². The highest BCUT2D eigenvalue weighted by Crippen LogP contribution is 2.35. The lowest BCUT2D eigenvalue weighted by Gasteiger charge is -2.19. The molecule has 3 aromatic rings. The van der Waals surface area contributed by atoms with Crippen LogP contribution in [0.1, 0.15) is 41.2 Å². The summed E-state index contributed by atoms with van der Waals surface area (Å²) in [6.07, 6.45) is 5.34. The van der Waals surface area contributed by atoms with Crippen molar-refractivity contribution in [2.24, 2.45) is 5.73 Å². The summed E-state index contributed by atoms with van der Waals surface area (Å²) in [5, 5.41) is 4.74. The molecule has 0 aliphatic heterocycles. The van der Waals surface area contributed by atoms with E-state index in [4.69, 9.17) is 10.7 Å². The first kappa shape index (κ1) is 16.8. The van der Waals surface area contributed by atoms with Crippen molar-refractivity contribution < 1.29 is 0 Å². The number of fused-ring (bicyclic) bond motifs is 1. The Hall–Kier alpha value is -2.05. The standard InChI is InChI=1S/C18H23N5S/c1-4-14(13-6-5-9-20-10-13)21-17-16-11(2)12(3)24-18(16)23-15(22-17)7-8-19/h5-6,9-10,14H,4,7-8,19H2,1-3H3,(H,21,22,23). The van der Waals surface area contributed by atoms with Gasteiger partial charge >= 0.3 is 0 Å². The fourth-order valence-electron chi connectivity index (χ4n) is 2.81. The van der Waals surface area contributed by atoms with Gasteiger partial charge in [-0.1, -0.05) is 13.0 Å². The molecule has 0 fully saturated rings. The van der Waals surface area contributed by atoms with Gasteiger partial charge in [-0.05, 0) is 44.0 Å². The van der Waals surface area contributed by atoms with Crippen LogP contribution < -0.4 is 11.1 Å². The number of nitrogens with zero attached hydrogens (tertiary/aromatic N) is 3. The van der Waals surface area contributed by atoms with Crippen LogP contribution in [0.4, 0.5) is 5.82 Å². The van der Waals surface area contributed by atoms with Gasteiger partial charge in [-0.15, -0.1) is 11.3 Å². The Labute approximate surface area is 146 Å². The number of pyridine rings is 1. The Morgan fingerprint density at radius 1 is 1.29 bits per heavy atom. The van der Waals surface area contributed by atoms with Crippen molar-refractivity contribution in [2.45, 2.75) is 39.7 Å². The topological polar surface area (TPSA) is 76.7 Å². The molecule has 3 rings (SSSR count). The van der Waals surface area contributed by atoms with Gasteiger partial charge in [-0.2, -0.15) is 0 Å². The lowest BCUT2D eigenvalue weighted by Crippen LogP contribution is -2.14. The number of anilines is 1. The number of hydrogen-bond acceptors (Lipinski definition) is 6. The van der Waals surface area contributed by atoms with E-state index in [9.17, 15) is 0 Å². The molecule has 126 valence electrons. The Morgan fingerprint density at radius 2 is 2.12 bits per heavy atom. The van der Waals surface area contributed by atoms with Crippen LogP contribution in [0, 0.1) is 13.8 Å². The van der Waals surface area contributed by atoms with Gasteiger partial charge in [-0.3, -0.25) is 4.98 Å². The average molecular weight is 341 g/mol. The highest BCUT2D eigenvalue weighted by molar-refractivity contribution is 7.18. The first-order valence-electron chi connectivity index (χ1n) is 8.27. The van der Waals surface area contributed by atoms with Gasteiger partial charge in [0.2, 0.25) is 0 Å². The van der Waals surface area contributed by atoms with Crippen LogP contribution >= 0.6 is 11.3 Å². The molecule has 0 aromatic carbocycles. The zero-order valence-corrected chi connectivity index (χ0v) is 15.2. The molecule has 24 heavy (non-hydrogen) atoms. The van der Waals surface area contributed by atoms with Gasteiger partial charge in [0.05, 0.1) is 11.4 Å². The molecule has 0 spiro atoms. The Balaban J connectivity index is 2.06. The molecule has 0 amide bonds. The molecular formula is C18H23N5S. The number of nitrogens with two attached hydrogens (primary N) is 1. The largest absolute Gasteiger partial charge is 0.363 e. The van der Waals surface area contributed by atoms with Crippen LogP contribution in [-0.2, 0) is 6.42 Å². The minimum absolute atomic E-state index is 0.169. The zero-order valence-electron chi connectivity index (χ0n) is 14.3. The maximum atomic E-state index is 5.70. The Morgan fingerprint density at radius 3 is 2.79 bits per heavy atom. The summed E-state index contributed by atoms with van der Waals surface area (Å²) in [7, 11) is 0. The van der Waals surface area contributed by atoms with Crippen LogP contribution in [0.2, 0.25) is 0 Å². The summed E-state index contributed by atoms with van der Waals surface area (Å²) in [6, 6.07) is 4.23. The monoisotopic (exact) mass is 341 g/mol. The SMILES string of the molecule is CCC(Nc1nc(CCN)nc2sc(C)c(C)c12)c1cccnc1. The van der Waals surface area contributed by atoms with E-state index in [0.29, 0.717) is 13.0 Å². The maximum Gasteiger partial charge on any atom is 0.139 e. The molecule has 0 saturated carbocycles. The summed E-state index contributed by atoms with van der Waals surface area (Å²) in [5.74, 6) is 1.70. The van der Waals surface area contributed by atoms with Crippen molar-refractivity contribution in [3.63, 3.8) is 0 Å². The molecule has 0 aliphatic rings. The molecular weight excluding hydrogens is 318 g/mol. The fraction of sp³-hybridized carbons (Fsp3) is 0.389. The second kappa shape index (κ2) is 7.23. The molecule has 3 aromatic heterocycles. The number of nitrogens with one attached hydrogen (secondary N) is 1. The number of hydrogen-bond donors (Lipinski definition) is 2. The average Bonchev–Trinajstić information content (AvgIpc) is 2.88. The van der Waals surface area contributed by atoms with E-state index in [1.54, 1.807) is 17.5 Å². The normalized spacial score (nSPS) is 12.5. The summed E-state index contributed by atoms with van der Waals surface area (Å²) in [6.45, 7) is 6.98. The molecule has 0 saturated heterocycles. The second-order valence-electron chi connectivity index (χ2n) is 5.88. The van der Waals surface area contributed by atoms with Gasteiger partial charge in [0, 0.05) is 23.7 Å². The van der Waals surface area contributed by atoms with Gasteiger partial charge in [0.25, 0.3) is 0 Å². The predicted octanol–water partition coefficient (Wildman–Crippen LogP) is 3.77. The van der Waals surface area contributed by atoms with Crippen molar-refractivity contribution in [2.75, 3.05) is 11.9 Å². The Kier molecular flexibility index (Phi) is 5.06. The molecule has 5 nitrogen and oxygen atoms in total. The molecule has 0 radical (unpaired) electrons. The van der Waals surface area contributed by atoms with Crippen molar-refractivity contribution >= 4 is 27.4 Å². The van der Waals surface area contributed by atoms with Crippen molar-refractivity contribution in [3.8, 4) is 0 Å². The second-order valence-corrected chi connectivity index (χ2v) is 7.09. The van der Waals surface area contributed by atoms with Crippen molar-refractivity contribution in [1.29, 1.82) is 0 Å². The first-order valence-corrected chi connectivity index (χ1v) is 9.08. The van der Waals surface area contributed by atoms with E-state index in [2.05, 4.69) is 42.1 Å². The van der Waals surface area contributed by atoms with Gasteiger partial charge in [0.1, 0.15) is 16.5 Å². The number of rotatable bonds is 6. The molecule has 0 aliphatic carbocycles. The summed E-state index contributed by atoms with van der Waals surface area (Å²) in [4.78, 5) is 16.0. The third-order valence-electron chi connectivity index (χ3n) is 4.25. The van der Waals surface area contributed by atoms with Gasteiger partial charge in [-0.25, -0.2) is 9.97 Å². The van der Waals surface area contributed by atoms with Crippen molar-refractivity contribution in [3.05, 3.63) is 46.4 Å². The quantitative estimate of drug-likeness (QED) is 0.714. The van der Waals surface area contributed by atoms with Crippen LogP contribution in [0.3, 0.4) is 0 Å².